The van der Waals surface area contributed by atoms with Crippen molar-refractivity contribution in [2.75, 3.05) is 11.9 Å². The van der Waals surface area contributed by atoms with Crippen molar-refractivity contribution in [2.24, 2.45) is 0 Å². The summed E-state index contributed by atoms with van der Waals surface area (Å²) in [6.07, 6.45) is 1.93. The quantitative estimate of drug-likeness (QED) is 0.797. The first-order valence-electron chi connectivity index (χ1n) is 6.68. The summed E-state index contributed by atoms with van der Waals surface area (Å²) in [4.78, 5) is 22.8. The van der Waals surface area contributed by atoms with Crippen molar-refractivity contribution >= 4 is 29.3 Å². The van der Waals surface area contributed by atoms with Crippen LogP contribution in [0.3, 0.4) is 0 Å². The number of aromatic carboxylic acids is 1. The summed E-state index contributed by atoms with van der Waals surface area (Å²) in [5.41, 5.74) is 0.349. The van der Waals surface area contributed by atoms with Crippen molar-refractivity contribution in [3.8, 4) is 0 Å². The number of ether oxygens (including phenoxy) is 1. The highest BCUT2D eigenvalue weighted by molar-refractivity contribution is 6.31. The van der Waals surface area contributed by atoms with Crippen molar-refractivity contribution < 1.29 is 19.4 Å². The van der Waals surface area contributed by atoms with E-state index in [1.165, 1.54) is 18.2 Å². The summed E-state index contributed by atoms with van der Waals surface area (Å²) < 4.78 is 5.49. The van der Waals surface area contributed by atoms with Crippen molar-refractivity contribution in [2.45, 2.75) is 31.9 Å². The van der Waals surface area contributed by atoms with E-state index in [-0.39, 0.29) is 22.7 Å². The van der Waals surface area contributed by atoms with Crippen molar-refractivity contribution in [3.05, 3.63) is 28.8 Å². The van der Waals surface area contributed by atoms with Crippen LogP contribution in [-0.2, 0) is 4.74 Å². The molecule has 1 aliphatic heterocycles. The highest BCUT2D eigenvalue weighted by atomic mass is 35.5. The predicted molar refractivity (Wildman–Crippen MR) is 79.0 cm³/mol. The summed E-state index contributed by atoms with van der Waals surface area (Å²) in [5, 5.41) is 14.6. The molecule has 21 heavy (non-hydrogen) atoms. The van der Waals surface area contributed by atoms with Gasteiger partial charge in [-0.25, -0.2) is 9.59 Å². The van der Waals surface area contributed by atoms with Gasteiger partial charge < -0.3 is 20.5 Å². The zero-order valence-electron chi connectivity index (χ0n) is 11.6. The molecular formula is C14H17ClN2O4. The largest absolute Gasteiger partial charge is 0.478 e. The number of anilines is 1. The Labute approximate surface area is 127 Å². The molecule has 2 amide bonds. The molecule has 114 valence electrons. The lowest BCUT2D eigenvalue weighted by molar-refractivity contribution is 0.0697. The first-order chi connectivity index (χ1) is 9.95. The summed E-state index contributed by atoms with van der Waals surface area (Å²) in [7, 11) is 0. The lowest BCUT2D eigenvalue weighted by atomic mass is 10.1. The van der Waals surface area contributed by atoms with Gasteiger partial charge in [-0.3, -0.25) is 0 Å². The number of hydrogen-bond donors (Lipinski definition) is 3. The Kier molecular flexibility index (Phi) is 5.03. The fourth-order valence-corrected chi connectivity index (χ4v) is 2.48. The Morgan fingerprint density at radius 2 is 2.19 bits per heavy atom. The van der Waals surface area contributed by atoms with E-state index < -0.39 is 12.0 Å². The SMILES string of the molecule is CC(NC(=O)Nc1cc(Cl)cc(C(=O)O)c1)C1CCCO1. The molecule has 1 heterocycles. The molecule has 2 atom stereocenters. The molecule has 0 spiro atoms. The number of rotatable bonds is 4. The zero-order chi connectivity index (χ0) is 15.4. The number of urea groups is 1. The molecule has 3 N–H and O–H groups in total. The first-order valence-corrected chi connectivity index (χ1v) is 7.06. The summed E-state index contributed by atoms with van der Waals surface area (Å²) in [5.74, 6) is -1.10. The zero-order valence-corrected chi connectivity index (χ0v) is 12.3. The third-order valence-electron chi connectivity index (χ3n) is 3.28. The Morgan fingerprint density at radius 1 is 1.43 bits per heavy atom. The molecule has 6 nitrogen and oxygen atoms in total. The van der Waals surface area contributed by atoms with Crippen LogP contribution in [0.25, 0.3) is 0 Å². The van der Waals surface area contributed by atoms with Gasteiger partial charge in [-0.15, -0.1) is 0 Å². The van der Waals surface area contributed by atoms with E-state index in [0.29, 0.717) is 12.3 Å². The Hall–Kier alpha value is -1.79. The maximum Gasteiger partial charge on any atom is 0.335 e. The molecule has 1 aromatic rings. The van der Waals surface area contributed by atoms with Gasteiger partial charge in [0.2, 0.25) is 0 Å². The molecule has 1 aromatic carbocycles. The van der Waals surface area contributed by atoms with Crippen LogP contribution in [0.2, 0.25) is 5.02 Å². The first kappa shape index (κ1) is 15.6. The molecule has 0 radical (unpaired) electrons. The minimum Gasteiger partial charge on any atom is -0.478 e. The third-order valence-corrected chi connectivity index (χ3v) is 3.50. The average Bonchev–Trinajstić information content (AvgIpc) is 2.91. The van der Waals surface area contributed by atoms with Gasteiger partial charge in [0.05, 0.1) is 17.7 Å². The van der Waals surface area contributed by atoms with Crippen LogP contribution in [0.1, 0.15) is 30.1 Å². The molecule has 1 fully saturated rings. The van der Waals surface area contributed by atoms with Gasteiger partial charge in [-0.05, 0) is 38.0 Å². The van der Waals surface area contributed by atoms with Crippen molar-refractivity contribution in [3.63, 3.8) is 0 Å². The van der Waals surface area contributed by atoms with Crippen LogP contribution < -0.4 is 10.6 Å². The smallest absolute Gasteiger partial charge is 0.335 e. The van der Waals surface area contributed by atoms with Crippen molar-refractivity contribution in [1.82, 2.24) is 5.32 Å². The topological polar surface area (TPSA) is 87.7 Å². The van der Waals surface area contributed by atoms with Crippen LogP contribution in [0.5, 0.6) is 0 Å². The van der Waals surface area contributed by atoms with Crippen LogP contribution in [0.4, 0.5) is 10.5 Å². The Morgan fingerprint density at radius 3 is 2.81 bits per heavy atom. The van der Waals surface area contributed by atoms with E-state index in [9.17, 15) is 9.59 Å². The highest BCUT2D eigenvalue weighted by Gasteiger charge is 2.23. The third kappa shape index (κ3) is 4.34. The second kappa shape index (κ2) is 6.78. The summed E-state index contributed by atoms with van der Waals surface area (Å²) >= 11 is 5.83. The van der Waals surface area contributed by atoms with Crippen molar-refractivity contribution in [1.29, 1.82) is 0 Å². The average molecular weight is 313 g/mol. The van der Waals surface area contributed by atoms with E-state index in [4.69, 9.17) is 21.4 Å². The predicted octanol–water partition coefficient (Wildman–Crippen LogP) is 2.73. The number of carboxylic acids is 1. The van der Waals surface area contributed by atoms with E-state index in [2.05, 4.69) is 10.6 Å². The van der Waals surface area contributed by atoms with Gasteiger partial charge >= 0.3 is 12.0 Å². The minimum atomic E-state index is -1.10. The normalized spacial score (nSPS) is 19.0. The van der Waals surface area contributed by atoms with Gasteiger partial charge in [0.15, 0.2) is 0 Å². The van der Waals surface area contributed by atoms with Crippen LogP contribution in [-0.4, -0.2) is 35.9 Å². The second-order valence-corrected chi connectivity index (χ2v) is 5.41. The van der Waals surface area contributed by atoms with E-state index in [1.807, 2.05) is 6.92 Å². The number of carbonyl (C=O) groups excluding carboxylic acids is 1. The van der Waals surface area contributed by atoms with Gasteiger partial charge in [-0.1, -0.05) is 11.6 Å². The second-order valence-electron chi connectivity index (χ2n) is 4.97. The van der Waals surface area contributed by atoms with E-state index in [1.54, 1.807) is 0 Å². The van der Waals surface area contributed by atoms with Gasteiger partial charge in [0.1, 0.15) is 0 Å². The van der Waals surface area contributed by atoms with Gasteiger partial charge in [0, 0.05) is 17.3 Å². The fraction of sp³-hybridized carbons (Fsp3) is 0.429. The maximum absolute atomic E-state index is 11.9. The highest BCUT2D eigenvalue weighted by Crippen LogP contribution is 2.19. The molecule has 1 saturated heterocycles. The lowest BCUT2D eigenvalue weighted by Gasteiger charge is -2.20. The monoisotopic (exact) mass is 312 g/mol. The number of amides is 2. The number of benzene rings is 1. The molecule has 0 aromatic heterocycles. The van der Waals surface area contributed by atoms with E-state index in [0.717, 1.165) is 12.8 Å². The molecular weight excluding hydrogens is 296 g/mol. The minimum absolute atomic E-state index is 0.0182. The standard InChI is InChI=1S/C14H17ClN2O4/c1-8(12-3-2-4-21-12)16-14(20)17-11-6-9(13(18)19)5-10(15)7-11/h5-8,12H,2-4H2,1H3,(H,18,19)(H2,16,17,20). The summed E-state index contributed by atoms with van der Waals surface area (Å²) in [6, 6.07) is 3.62. The molecule has 2 rings (SSSR count). The van der Waals surface area contributed by atoms with Crippen LogP contribution in [0.15, 0.2) is 18.2 Å². The number of hydrogen-bond acceptors (Lipinski definition) is 3. The van der Waals surface area contributed by atoms with Crippen LogP contribution >= 0.6 is 11.6 Å². The maximum atomic E-state index is 11.9. The number of nitrogens with one attached hydrogen (secondary N) is 2. The number of carbonyl (C=O) groups is 2. The Bertz CT molecular complexity index is 544. The summed E-state index contributed by atoms with van der Waals surface area (Å²) in [6.45, 7) is 2.59. The molecule has 2 unspecified atom stereocenters. The van der Waals surface area contributed by atoms with Crippen LogP contribution in [0, 0.1) is 0 Å². The molecule has 0 aliphatic carbocycles. The number of carboxylic acid groups (broad SMARTS) is 1. The van der Waals surface area contributed by atoms with E-state index >= 15 is 0 Å². The molecule has 1 aliphatic rings. The molecule has 7 heteroatoms. The Balaban J connectivity index is 1.97. The molecule has 0 bridgehead atoms. The number of halogens is 1. The van der Waals surface area contributed by atoms with Gasteiger partial charge in [-0.2, -0.15) is 0 Å². The lowest BCUT2D eigenvalue weighted by Crippen LogP contribution is -2.43. The molecule has 0 saturated carbocycles. The van der Waals surface area contributed by atoms with Gasteiger partial charge in [0.25, 0.3) is 0 Å². The fourth-order valence-electron chi connectivity index (χ4n) is 2.25.